The van der Waals surface area contributed by atoms with Crippen molar-refractivity contribution in [1.82, 2.24) is 4.98 Å². The first-order valence-corrected chi connectivity index (χ1v) is 8.08. The zero-order chi connectivity index (χ0) is 15.0. The lowest BCUT2D eigenvalue weighted by molar-refractivity contribution is 0.597. The summed E-state index contributed by atoms with van der Waals surface area (Å²) in [6.07, 6.45) is 2.05. The Balaban J connectivity index is 1.84. The monoisotopic (exact) mass is 304 g/mol. The minimum Gasteiger partial charge on any atom is -0.362 e. The van der Waals surface area contributed by atoms with Crippen molar-refractivity contribution >= 4 is 15.8 Å². The first-order chi connectivity index (χ1) is 9.95. The van der Waals surface area contributed by atoms with Crippen LogP contribution in [0.15, 0.2) is 47.5 Å². The SMILES string of the molecule is NC1Cc2ccccc2C1Nc1ccc(S(N)(=O)=O)cn1. The second-order valence-electron chi connectivity index (χ2n) is 5.11. The summed E-state index contributed by atoms with van der Waals surface area (Å²) >= 11 is 0. The number of hydrogen-bond donors (Lipinski definition) is 3. The number of aromatic nitrogens is 1. The van der Waals surface area contributed by atoms with Gasteiger partial charge >= 0.3 is 0 Å². The lowest BCUT2D eigenvalue weighted by Gasteiger charge is -2.19. The van der Waals surface area contributed by atoms with Gasteiger partial charge in [0.15, 0.2) is 0 Å². The third-order valence-electron chi connectivity index (χ3n) is 3.64. The fourth-order valence-corrected chi connectivity index (χ4v) is 3.06. The van der Waals surface area contributed by atoms with Gasteiger partial charge in [0.1, 0.15) is 10.7 Å². The summed E-state index contributed by atoms with van der Waals surface area (Å²) in [5.74, 6) is 0.569. The highest BCUT2D eigenvalue weighted by atomic mass is 32.2. The minimum absolute atomic E-state index is 0.0100. The van der Waals surface area contributed by atoms with E-state index in [1.807, 2.05) is 18.2 Å². The number of fused-ring (bicyclic) bond motifs is 1. The fourth-order valence-electron chi connectivity index (χ4n) is 2.60. The van der Waals surface area contributed by atoms with Gasteiger partial charge < -0.3 is 11.1 Å². The molecule has 0 saturated heterocycles. The molecule has 0 bridgehead atoms. The molecule has 0 amide bonds. The number of anilines is 1. The molecule has 1 aliphatic carbocycles. The lowest BCUT2D eigenvalue weighted by Crippen LogP contribution is -2.30. The molecule has 0 fully saturated rings. The molecule has 1 heterocycles. The molecule has 2 unspecified atom stereocenters. The number of nitrogens with zero attached hydrogens (tertiary/aromatic N) is 1. The first kappa shape index (κ1) is 14.0. The summed E-state index contributed by atoms with van der Waals surface area (Å²) in [5.41, 5.74) is 8.55. The van der Waals surface area contributed by atoms with Crippen molar-refractivity contribution in [2.45, 2.75) is 23.4 Å². The standard InChI is InChI=1S/C14H16N4O2S/c15-12-7-9-3-1-2-4-11(9)14(12)18-13-6-5-10(8-17-13)21(16,19)20/h1-6,8,12,14H,7,15H2,(H,17,18)(H2,16,19,20). The van der Waals surface area contributed by atoms with Crippen molar-refractivity contribution in [3.63, 3.8) is 0 Å². The van der Waals surface area contributed by atoms with Gasteiger partial charge in [0.2, 0.25) is 10.0 Å². The highest BCUT2D eigenvalue weighted by Crippen LogP contribution is 2.32. The van der Waals surface area contributed by atoms with E-state index >= 15 is 0 Å². The van der Waals surface area contributed by atoms with Gasteiger partial charge in [-0.05, 0) is 29.7 Å². The molecule has 1 aliphatic rings. The summed E-state index contributed by atoms with van der Waals surface area (Å²) in [4.78, 5) is 4.08. The summed E-state index contributed by atoms with van der Waals surface area (Å²) in [6, 6.07) is 11.0. The van der Waals surface area contributed by atoms with Crippen LogP contribution in [0.4, 0.5) is 5.82 Å². The molecule has 2 aromatic rings. The number of benzene rings is 1. The van der Waals surface area contributed by atoms with E-state index in [0.29, 0.717) is 5.82 Å². The van der Waals surface area contributed by atoms with Crippen molar-refractivity contribution in [3.8, 4) is 0 Å². The van der Waals surface area contributed by atoms with E-state index in [4.69, 9.17) is 10.9 Å². The normalized spacial score (nSPS) is 21.0. The molecule has 110 valence electrons. The Bertz CT molecular complexity index is 759. The van der Waals surface area contributed by atoms with Gasteiger partial charge in [0.25, 0.3) is 0 Å². The predicted octanol–water partition coefficient (Wildman–Crippen LogP) is 0.766. The Labute approximate surface area is 123 Å². The predicted molar refractivity (Wildman–Crippen MR) is 80.1 cm³/mol. The molecule has 0 spiro atoms. The maximum atomic E-state index is 11.2. The molecule has 0 radical (unpaired) electrons. The first-order valence-electron chi connectivity index (χ1n) is 6.54. The topological polar surface area (TPSA) is 111 Å². The number of nitrogens with two attached hydrogens (primary N) is 2. The van der Waals surface area contributed by atoms with Crippen LogP contribution in [-0.2, 0) is 16.4 Å². The summed E-state index contributed by atoms with van der Waals surface area (Å²) in [7, 11) is -3.72. The van der Waals surface area contributed by atoms with Gasteiger partial charge in [-0.15, -0.1) is 0 Å². The van der Waals surface area contributed by atoms with Crippen molar-refractivity contribution in [1.29, 1.82) is 0 Å². The molecule has 6 nitrogen and oxygen atoms in total. The molecule has 21 heavy (non-hydrogen) atoms. The number of primary sulfonamides is 1. The zero-order valence-electron chi connectivity index (χ0n) is 11.2. The van der Waals surface area contributed by atoms with Crippen LogP contribution in [0.3, 0.4) is 0 Å². The number of nitrogens with one attached hydrogen (secondary N) is 1. The van der Waals surface area contributed by atoms with Crippen LogP contribution in [0.5, 0.6) is 0 Å². The maximum Gasteiger partial charge on any atom is 0.239 e. The Morgan fingerprint density at radius 3 is 2.62 bits per heavy atom. The number of hydrogen-bond acceptors (Lipinski definition) is 5. The van der Waals surface area contributed by atoms with Crippen LogP contribution >= 0.6 is 0 Å². The Kier molecular flexibility index (Phi) is 3.40. The van der Waals surface area contributed by atoms with Crippen LogP contribution in [0.2, 0.25) is 0 Å². The molecular formula is C14H16N4O2S. The average Bonchev–Trinajstić information content (AvgIpc) is 2.75. The van der Waals surface area contributed by atoms with Gasteiger partial charge in [-0.3, -0.25) is 0 Å². The third-order valence-corrected chi connectivity index (χ3v) is 4.54. The van der Waals surface area contributed by atoms with Crippen LogP contribution < -0.4 is 16.2 Å². The Morgan fingerprint density at radius 2 is 1.95 bits per heavy atom. The van der Waals surface area contributed by atoms with E-state index in [-0.39, 0.29) is 17.0 Å². The molecule has 7 heteroatoms. The van der Waals surface area contributed by atoms with Crippen LogP contribution in [-0.4, -0.2) is 19.4 Å². The molecule has 2 atom stereocenters. The second-order valence-corrected chi connectivity index (χ2v) is 6.67. The molecule has 3 rings (SSSR count). The van der Waals surface area contributed by atoms with E-state index in [0.717, 1.165) is 12.0 Å². The largest absolute Gasteiger partial charge is 0.362 e. The molecule has 0 saturated carbocycles. The molecule has 1 aromatic carbocycles. The lowest BCUT2D eigenvalue weighted by atomic mass is 10.1. The Hall–Kier alpha value is -1.96. The fraction of sp³-hybridized carbons (Fsp3) is 0.214. The number of pyridine rings is 1. The van der Waals surface area contributed by atoms with E-state index in [1.54, 1.807) is 6.07 Å². The van der Waals surface area contributed by atoms with Gasteiger partial charge in [0, 0.05) is 12.2 Å². The minimum atomic E-state index is -3.72. The smallest absolute Gasteiger partial charge is 0.239 e. The second kappa shape index (κ2) is 5.10. The van der Waals surface area contributed by atoms with Crippen LogP contribution in [0.25, 0.3) is 0 Å². The van der Waals surface area contributed by atoms with E-state index in [9.17, 15) is 8.42 Å². The number of sulfonamides is 1. The van der Waals surface area contributed by atoms with Gasteiger partial charge in [-0.25, -0.2) is 18.5 Å². The average molecular weight is 304 g/mol. The van der Waals surface area contributed by atoms with Crippen LogP contribution in [0.1, 0.15) is 17.2 Å². The van der Waals surface area contributed by atoms with E-state index in [1.165, 1.54) is 17.8 Å². The molecule has 1 aromatic heterocycles. The van der Waals surface area contributed by atoms with E-state index < -0.39 is 10.0 Å². The highest BCUT2D eigenvalue weighted by molar-refractivity contribution is 7.89. The molecular weight excluding hydrogens is 288 g/mol. The van der Waals surface area contributed by atoms with E-state index in [2.05, 4.69) is 16.4 Å². The summed E-state index contributed by atoms with van der Waals surface area (Å²) in [5, 5.41) is 8.30. The van der Waals surface area contributed by atoms with Gasteiger partial charge in [-0.1, -0.05) is 24.3 Å². The Morgan fingerprint density at radius 1 is 1.19 bits per heavy atom. The zero-order valence-corrected chi connectivity index (χ0v) is 12.0. The highest BCUT2D eigenvalue weighted by Gasteiger charge is 2.29. The quantitative estimate of drug-likeness (QED) is 0.775. The summed E-state index contributed by atoms with van der Waals surface area (Å²) in [6.45, 7) is 0. The molecule has 0 aliphatic heterocycles. The van der Waals surface area contributed by atoms with Gasteiger partial charge in [-0.2, -0.15) is 0 Å². The van der Waals surface area contributed by atoms with Crippen molar-refractivity contribution in [2.24, 2.45) is 10.9 Å². The number of rotatable bonds is 3. The van der Waals surface area contributed by atoms with Crippen molar-refractivity contribution in [2.75, 3.05) is 5.32 Å². The third kappa shape index (κ3) is 2.76. The van der Waals surface area contributed by atoms with Crippen LogP contribution in [0, 0.1) is 0 Å². The molecule has 5 N–H and O–H groups in total. The summed E-state index contributed by atoms with van der Waals surface area (Å²) < 4.78 is 22.4. The van der Waals surface area contributed by atoms with Gasteiger partial charge in [0.05, 0.1) is 6.04 Å². The maximum absolute atomic E-state index is 11.2. The van der Waals surface area contributed by atoms with Crippen molar-refractivity contribution in [3.05, 3.63) is 53.7 Å². The van der Waals surface area contributed by atoms with Crippen molar-refractivity contribution < 1.29 is 8.42 Å².